The van der Waals surface area contributed by atoms with E-state index in [0.29, 0.717) is 11.1 Å². The largest absolute Gasteiger partial charge is 0.506 e. The lowest BCUT2D eigenvalue weighted by Crippen LogP contribution is -2.27. The van der Waals surface area contributed by atoms with Crippen LogP contribution in [0.2, 0.25) is 5.02 Å². The highest BCUT2D eigenvalue weighted by Gasteiger charge is 2.34. The number of hydrogen-bond acceptors (Lipinski definition) is 4. The van der Waals surface area contributed by atoms with E-state index in [1.54, 1.807) is 12.1 Å². The molecule has 1 fully saturated rings. The van der Waals surface area contributed by atoms with Crippen LogP contribution >= 0.6 is 23.4 Å². The summed E-state index contributed by atoms with van der Waals surface area (Å²) in [5.41, 5.74) is 1.26. The van der Waals surface area contributed by atoms with Crippen molar-refractivity contribution in [1.29, 1.82) is 0 Å². The Balaban J connectivity index is 1.81. The van der Waals surface area contributed by atoms with E-state index in [9.17, 15) is 19.1 Å². The molecule has 1 aliphatic rings. The monoisotopic (exact) mass is 363 g/mol. The number of phenolic OH excluding ortho intramolecular Hbond substituents is 1. The van der Waals surface area contributed by atoms with E-state index in [1.807, 2.05) is 0 Å². The Morgan fingerprint density at radius 1 is 1.17 bits per heavy atom. The maximum Gasteiger partial charge on any atom is 0.293 e. The molecule has 1 N–H and O–H groups in total. The van der Waals surface area contributed by atoms with Gasteiger partial charge in [-0.25, -0.2) is 4.39 Å². The zero-order valence-corrected chi connectivity index (χ0v) is 13.8. The molecule has 4 nitrogen and oxygen atoms in total. The van der Waals surface area contributed by atoms with Crippen molar-refractivity contribution < 1.29 is 19.1 Å². The summed E-state index contributed by atoms with van der Waals surface area (Å²) in [6.07, 6.45) is 1.54. The number of phenols is 1. The zero-order valence-electron chi connectivity index (χ0n) is 12.2. The normalized spacial score (nSPS) is 16.2. The van der Waals surface area contributed by atoms with Crippen molar-refractivity contribution in [1.82, 2.24) is 4.90 Å². The highest BCUT2D eigenvalue weighted by atomic mass is 35.5. The third-order valence-corrected chi connectivity index (χ3v) is 4.61. The van der Waals surface area contributed by atoms with Gasteiger partial charge < -0.3 is 5.11 Å². The summed E-state index contributed by atoms with van der Waals surface area (Å²) in [7, 11) is 0. The molecule has 2 aromatic carbocycles. The Labute approximate surface area is 146 Å². The second-order valence-electron chi connectivity index (χ2n) is 5.11. The van der Waals surface area contributed by atoms with Crippen LogP contribution in [0, 0.1) is 5.82 Å². The maximum absolute atomic E-state index is 12.9. The molecule has 0 radical (unpaired) electrons. The molecule has 0 aromatic heterocycles. The second-order valence-corrected chi connectivity index (χ2v) is 6.51. The molecular weight excluding hydrogens is 353 g/mol. The van der Waals surface area contributed by atoms with E-state index in [2.05, 4.69) is 0 Å². The number of nitrogens with zero attached hydrogens (tertiary/aromatic N) is 1. The number of carbonyl (C=O) groups is 2. The number of benzene rings is 2. The molecule has 0 bridgehead atoms. The predicted octanol–water partition coefficient (Wildman–Crippen LogP) is 4.42. The van der Waals surface area contributed by atoms with Crippen molar-refractivity contribution in [3.8, 4) is 5.75 Å². The number of hydrogen-bond donors (Lipinski definition) is 1. The summed E-state index contributed by atoms with van der Waals surface area (Å²) in [5, 5.41) is 9.18. The Kier molecular flexibility index (Phi) is 4.59. The maximum atomic E-state index is 12.9. The Morgan fingerprint density at radius 3 is 2.54 bits per heavy atom. The summed E-state index contributed by atoms with van der Waals surface area (Å²) < 4.78 is 12.9. The van der Waals surface area contributed by atoms with E-state index in [0.717, 1.165) is 16.7 Å². The fourth-order valence-corrected chi connectivity index (χ4v) is 3.20. The van der Waals surface area contributed by atoms with Crippen molar-refractivity contribution in [3.05, 3.63) is 69.3 Å². The van der Waals surface area contributed by atoms with Crippen LogP contribution in [0.15, 0.2) is 47.4 Å². The van der Waals surface area contributed by atoms with Crippen molar-refractivity contribution in [3.63, 3.8) is 0 Å². The van der Waals surface area contributed by atoms with Gasteiger partial charge in [0, 0.05) is 0 Å². The average molecular weight is 364 g/mol. The van der Waals surface area contributed by atoms with Crippen LogP contribution in [0.4, 0.5) is 9.18 Å². The molecule has 122 valence electrons. The smallest absolute Gasteiger partial charge is 0.293 e. The first-order valence-electron chi connectivity index (χ1n) is 6.92. The molecule has 1 aliphatic heterocycles. The fraction of sp³-hybridized carbons (Fsp3) is 0.0588. The lowest BCUT2D eigenvalue weighted by molar-refractivity contribution is -0.123. The van der Waals surface area contributed by atoms with E-state index in [-0.39, 0.29) is 33.3 Å². The highest BCUT2D eigenvalue weighted by Crippen LogP contribution is 2.34. The van der Waals surface area contributed by atoms with Crippen LogP contribution < -0.4 is 0 Å². The molecule has 3 rings (SSSR count). The molecule has 0 saturated carbocycles. The van der Waals surface area contributed by atoms with Gasteiger partial charge in [0.1, 0.15) is 11.6 Å². The van der Waals surface area contributed by atoms with E-state index >= 15 is 0 Å². The number of thioether (sulfide) groups is 1. The summed E-state index contributed by atoms with van der Waals surface area (Å²) in [5.74, 6) is -0.853. The van der Waals surface area contributed by atoms with Gasteiger partial charge in [-0.2, -0.15) is 0 Å². The summed E-state index contributed by atoms with van der Waals surface area (Å²) >= 11 is 6.66. The van der Waals surface area contributed by atoms with Crippen LogP contribution in [-0.4, -0.2) is 21.2 Å². The molecule has 1 saturated heterocycles. The minimum Gasteiger partial charge on any atom is -0.506 e. The molecule has 0 atom stereocenters. The topological polar surface area (TPSA) is 57.6 Å². The zero-order chi connectivity index (χ0) is 17.3. The van der Waals surface area contributed by atoms with Gasteiger partial charge in [0.2, 0.25) is 0 Å². The molecule has 0 spiro atoms. The second kappa shape index (κ2) is 6.67. The lowest BCUT2D eigenvalue weighted by Gasteiger charge is -2.12. The molecule has 0 aliphatic carbocycles. The first-order valence-corrected chi connectivity index (χ1v) is 8.12. The van der Waals surface area contributed by atoms with Crippen molar-refractivity contribution >= 4 is 40.6 Å². The third-order valence-electron chi connectivity index (χ3n) is 3.40. The quantitative estimate of drug-likeness (QED) is 0.820. The number of carbonyl (C=O) groups excluding carboxylic acids is 2. The summed E-state index contributed by atoms with van der Waals surface area (Å²) in [6, 6.07) is 10.1. The minimum atomic E-state index is -0.418. The molecule has 2 aromatic rings. The average Bonchev–Trinajstić information content (AvgIpc) is 2.80. The van der Waals surface area contributed by atoms with Gasteiger partial charge in [0.15, 0.2) is 0 Å². The molecule has 1 heterocycles. The van der Waals surface area contributed by atoms with Crippen molar-refractivity contribution in [2.24, 2.45) is 0 Å². The molecule has 2 amide bonds. The molecule has 0 unspecified atom stereocenters. The van der Waals surface area contributed by atoms with E-state index in [4.69, 9.17) is 11.6 Å². The van der Waals surface area contributed by atoms with Gasteiger partial charge in [-0.15, -0.1) is 0 Å². The number of amides is 2. The Morgan fingerprint density at radius 2 is 1.88 bits per heavy atom. The fourth-order valence-electron chi connectivity index (χ4n) is 2.17. The van der Waals surface area contributed by atoms with Gasteiger partial charge in [-0.1, -0.05) is 29.8 Å². The Hall–Kier alpha value is -2.31. The number of aromatic hydroxyl groups is 1. The first-order chi connectivity index (χ1) is 11.4. The molecule has 24 heavy (non-hydrogen) atoms. The molecular formula is C17H11ClFNO3S. The van der Waals surface area contributed by atoms with Gasteiger partial charge in [-0.3, -0.25) is 14.5 Å². The highest BCUT2D eigenvalue weighted by molar-refractivity contribution is 8.18. The van der Waals surface area contributed by atoms with Gasteiger partial charge in [0.05, 0.1) is 16.5 Å². The first kappa shape index (κ1) is 16.5. The van der Waals surface area contributed by atoms with Crippen LogP contribution in [0.5, 0.6) is 5.75 Å². The van der Waals surface area contributed by atoms with Crippen molar-refractivity contribution in [2.45, 2.75) is 6.54 Å². The van der Waals surface area contributed by atoms with Crippen LogP contribution in [0.3, 0.4) is 0 Å². The number of imide groups is 1. The van der Waals surface area contributed by atoms with Gasteiger partial charge in [-0.05, 0) is 53.2 Å². The van der Waals surface area contributed by atoms with E-state index in [1.165, 1.54) is 36.4 Å². The van der Waals surface area contributed by atoms with E-state index < -0.39 is 5.91 Å². The van der Waals surface area contributed by atoms with Crippen molar-refractivity contribution in [2.75, 3.05) is 0 Å². The van der Waals surface area contributed by atoms with Crippen LogP contribution in [0.25, 0.3) is 6.08 Å². The molecule has 7 heteroatoms. The number of rotatable bonds is 3. The summed E-state index contributed by atoms with van der Waals surface area (Å²) in [6.45, 7) is 0.0820. The lowest BCUT2D eigenvalue weighted by atomic mass is 10.2. The Bertz CT molecular complexity index is 851. The summed E-state index contributed by atoms with van der Waals surface area (Å²) in [4.78, 5) is 25.8. The van der Waals surface area contributed by atoms with Gasteiger partial charge in [0.25, 0.3) is 11.1 Å². The standard InChI is InChI=1S/C17H11ClFNO3S/c18-13-7-11(3-6-14(13)21)8-15-16(22)20(17(23)24-15)9-10-1-4-12(19)5-2-10/h1-8,21H,9H2. The predicted molar refractivity (Wildman–Crippen MR) is 91.0 cm³/mol. The third kappa shape index (κ3) is 3.44. The number of halogens is 2. The minimum absolute atomic E-state index is 0.0572. The van der Waals surface area contributed by atoms with Crippen LogP contribution in [-0.2, 0) is 11.3 Å². The SMILES string of the molecule is O=C1SC(=Cc2ccc(O)c(Cl)c2)C(=O)N1Cc1ccc(F)cc1. The van der Waals surface area contributed by atoms with Gasteiger partial charge >= 0.3 is 0 Å². The van der Waals surface area contributed by atoms with Crippen LogP contribution in [0.1, 0.15) is 11.1 Å².